The molecule has 0 aliphatic heterocycles. The van der Waals surface area contributed by atoms with Gasteiger partial charge in [0.15, 0.2) is 6.04 Å². The minimum Gasteiger partial charge on any atom is -0.497 e. The van der Waals surface area contributed by atoms with Crippen LogP contribution < -0.4 is 19.7 Å². The molecule has 0 bridgehead atoms. The molecule has 0 radical (unpaired) electrons. The molecule has 146 valence electrons. The van der Waals surface area contributed by atoms with Crippen molar-refractivity contribution in [1.82, 2.24) is 0 Å². The minimum atomic E-state index is -0.211. The number of hydrogen-bond acceptors (Lipinski definition) is 3. The van der Waals surface area contributed by atoms with Crippen molar-refractivity contribution in [2.24, 2.45) is 0 Å². The van der Waals surface area contributed by atoms with Gasteiger partial charge in [0.05, 0.1) is 21.3 Å². The number of nitrogens with one attached hydrogen (secondary N) is 2. The van der Waals surface area contributed by atoms with E-state index < -0.39 is 0 Å². The second kappa shape index (κ2) is 8.91. The standard InChI is InChI=1S/C22H30N2O3/c1-14-10-15(2)21(16(3)11-14)23-22(25)17(4)24(5)13-18-8-9-19(26-6)12-20(18)27-7/h8-12,17H,13H2,1-7H3,(H,23,25)/p+1/t17-/m0/s1. The van der Waals surface area contributed by atoms with Gasteiger partial charge < -0.3 is 19.7 Å². The maximum Gasteiger partial charge on any atom is 0.282 e. The van der Waals surface area contributed by atoms with Crippen LogP contribution in [0.25, 0.3) is 0 Å². The van der Waals surface area contributed by atoms with Crippen LogP contribution in [0.1, 0.15) is 29.2 Å². The molecule has 0 aromatic heterocycles. The molecule has 2 rings (SSSR count). The quantitative estimate of drug-likeness (QED) is 0.787. The number of rotatable bonds is 7. The Balaban J connectivity index is 2.11. The molecule has 5 nitrogen and oxygen atoms in total. The molecule has 0 heterocycles. The number of aryl methyl sites for hydroxylation is 3. The molecule has 27 heavy (non-hydrogen) atoms. The molecule has 0 aliphatic carbocycles. The van der Waals surface area contributed by atoms with Crippen molar-refractivity contribution in [2.75, 3.05) is 26.6 Å². The van der Waals surface area contributed by atoms with Crippen LogP contribution in [0.5, 0.6) is 11.5 Å². The molecule has 0 aliphatic rings. The average Bonchev–Trinajstić information content (AvgIpc) is 2.63. The molecular formula is C22H31N2O3+. The number of anilines is 1. The summed E-state index contributed by atoms with van der Waals surface area (Å²) in [5.74, 6) is 1.53. The third kappa shape index (κ3) is 5.01. The number of amides is 1. The SMILES string of the molecule is COc1ccc(C[NH+](C)[C@@H](C)C(=O)Nc2c(C)cc(C)cc2C)c(OC)c1. The van der Waals surface area contributed by atoms with Gasteiger partial charge in [-0.05, 0) is 51.0 Å². The molecule has 2 aromatic rings. The lowest BCUT2D eigenvalue weighted by molar-refractivity contribution is -0.907. The van der Waals surface area contributed by atoms with E-state index in [1.165, 1.54) is 5.56 Å². The number of carbonyl (C=O) groups is 1. The van der Waals surface area contributed by atoms with Crippen LogP contribution in [0.4, 0.5) is 5.69 Å². The molecule has 0 spiro atoms. The van der Waals surface area contributed by atoms with Gasteiger partial charge in [-0.1, -0.05) is 17.7 Å². The lowest BCUT2D eigenvalue weighted by Crippen LogP contribution is -3.12. The van der Waals surface area contributed by atoms with E-state index in [1.54, 1.807) is 14.2 Å². The van der Waals surface area contributed by atoms with Crippen LogP contribution in [-0.4, -0.2) is 33.2 Å². The Kier molecular flexibility index (Phi) is 6.86. The first-order chi connectivity index (χ1) is 12.8. The molecule has 2 N–H and O–H groups in total. The van der Waals surface area contributed by atoms with Crippen LogP contribution in [0.3, 0.4) is 0 Å². The van der Waals surface area contributed by atoms with Crippen LogP contribution >= 0.6 is 0 Å². The fourth-order valence-electron chi connectivity index (χ4n) is 3.28. The normalized spacial score (nSPS) is 13.0. The summed E-state index contributed by atoms with van der Waals surface area (Å²) in [5.41, 5.74) is 5.32. The molecule has 2 atom stereocenters. The van der Waals surface area contributed by atoms with Gasteiger partial charge in [0.2, 0.25) is 0 Å². The van der Waals surface area contributed by atoms with Crippen molar-refractivity contribution in [1.29, 1.82) is 0 Å². The number of methoxy groups -OCH3 is 2. The summed E-state index contributed by atoms with van der Waals surface area (Å²) in [6.45, 7) is 8.74. The van der Waals surface area contributed by atoms with Gasteiger partial charge in [-0.3, -0.25) is 4.79 Å². The molecule has 1 amide bonds. The number of likely N-dealkylation sites (N-methyl/N-ethyl adjacent to an activating group) is 1. The van der Waals surface area contributed by atoms with Crippen LogP contribution in [0, 0.1) is 20.8 Å². The van der Waals surface area contributed by atoms with E-state index in [1.807, 2.05) is 46.0 Å². The number of ether oxygens (including phenoxy) is 2. The van der Waals surface area contributed by atoms with Gasteiger partial charge in [0, 0.05) is 17.3 Å². The highest BCUT2D eigenvalue weighted by Gasteiger charge is 2.24. The Bertz CT molecular complexity index is 794. The minimum absolute atomic E-state index is 0.00929. The zero-order valence-corrected chi connectivity index (χ0v) is 17.4. The van der Waals surface area contributed by atoms with E-state index in [0.29, 0.717) is 6.54 Å². The van der Waals surface area contributed by atoms with Gasteiger partial charge in [0.1, 0.15) is 18.0 Å². The third-order valence-electron chi connectivity index (χ3n) is 5.02. The fraction of sp³-hybridized carbons (Fsp3) is 0.409. The van der Waals surface area contributed by atoms with Crippen molar-refractivity contribution >= 4 is 11.6 Å². The van der Waals surface area contributed by atoms with E-state index in [2.05, 4.69) is 24.4 Å². The topological polar surface area (TPSA) is 52.0 Å². The van der Waals surface area contributed by atoms with E-state index in [-0.39, 0.29) is 11.9 Å². The molecule has 2 aromatic carbocycles. The Labute approximate surface area is 162 Å². The number of hydrogen-bond donors (Lipinski definition) is 2. The first kappa shape index (κ1) is 20.8. The Morgan fingerprint density at radius 2 is 1.70 bits per heavy atom. The van der Waals surface area contributed by atoms with Gasteiger partial charge in [-0.15, -0.1) is 0 Å². The van der Waals surface area contributed by atoms with Crippen molar-refractivity contribution in [3.63, 3.8) is 0 Å². The molecule has 0 fully saturated rings. The summed E-state index contributed by atoms with van der Waals surface area (Å²) in [6, 6.07) is 9.73. The maximum absolute atomic E-state index is 12.8. The van der Waals surface area contributed by atoms with Gasteiger partial charge in [-0.25, -0.2) is 0 Å². The lowest BCUT2D eigenvalue weighted by atomic mass is 10.0. The van der Waals surface area contributed by atoms with Crippen LogP contribution in [0.2, 0.25) is 0 Å². The monoisotopic (exact) mass is 371 g/mol. The predicted octanol–water partition coefficient (Wildman–Crippen LogP) is 2.67. The number of benzene rings is 2. The zero-order valence-electron chi connectivity index (χ0n) is 17.4. The highest BCUT2D eigenvalue weighted by Crippen LogP contribution is 2.24. The summed E-state index contributed by atoms with van der Waals surface area (Å²) < 4.78 is 10.7. The summed E-state index contributed by atoms with van der Waals surface area (Å²) in [6.07, 6.45) is 0. The predicted molar refractivity (Wildman–Crippen MR) is 109 cm³/mol. The van der Waals surface area contributed by atoms with E-state index in [0.717, 1.165) is 38.8 Å². The zero-order chi connectivity index (χ0) is 20.1. The highest BCUT2D eigenvalue weighted by atomic mass is 16.5. The fourth-order valence-corrected chi connectivity index (χ4v) is 3.28. The first-order valence-electron chi connectivity index (χ1n) is 9.18. The van der Waals surface area contributed by atoms with E-state index in [9.17, 15) is 4.79 Å². The molecule has 5 heteroatoms. The van der Waals surface area contributed by atoms with E-state index >= 15 is 0 Å². The van der Waals surface area contributed by atoms with Crippen molar-refractivity contribution in [2.45, 2.75) is 40.3 Å². The average molecular weight is 372 g/mol. The number of carbonyl (C=O) groups excluding carboxylic acids is 1. The van der Waals surface area contributed by atoms with Gasteiger partial charge in [0.25, 0.3) is 5.91 Å². The van der Waals surface area contributed by atoms with Gasteiger partial charge >= 0.3 is 0 Å². The summed E-state index contributed by atoms with van der Waals surface area (Å²) in [4.78, 5) is 13.9. The van der Waals surface area contributed by atoms with Crippen molar-refractivity contribution < 1.29 is 19.2 Å². The largest absolute Gasteiger partial charge is 0.497 e. The summed E-state index contributed by atoms with van der Waals surface area (Å²) in [5, 5.41) is 3.11. The molecule has 0 saturated carbocycles. The summed E-state index contributed by atoms with van der Waals surface area (Å²) in [7, 11) is 5.29. The lowest BCUT2D eigenvalue weighted by Gasteiger charge is -2.23. The smallest absolute Gasteiger partial charge is 0.282 e. The van der Waals surface area contributed by atoms with Crippen LogP contribution in [0.15, 0.2) is 30.3 Å². The number of quaternary nitrogens is 1. The molecular weight excluding hydrogens is 340 g/mol. The Morgan fingerprint density at radius 1 is 1.07 bits per heavy atom. The molecule has 0 saturated heterocycles. The van der Waals surface area contributed by atoms with Crippen molar-refractivity contribution in [3.05, 3.63) is 52.6 Å². The first-order valence-corrected chi connectivity index (χ1v) is 9.18. The second-order valence-electron chi connectivity index (χ2n) is 7.19. The Morgan fingerprint density at radius 3 is 2.26 bits per heavy atom. The second-order valence-corrected chi connectivity index (χ2v) is 7.19. The maximum atomic E-state index is 12.8. The van der Waals surface area contributed by atoms with E-state index in [4.69, 9.17) is 9.47 Å². The Hall–Kier alpha value is -2.53. The van der Waals surface area contributed by atoms with Gasteiger partial charge in [-0.2, -0.15) is 0 Å². The van der Waals surface area contributed by atoms with Crippen molar-refractivity contribution in [3.8, 4) is 11.5 Å². The third-order valence-corrected chi connectivity index (χ3v) is 5.02. The van der Waals surface area contributed by atoms with Crippen LogP contribution in [-0.2, 0) is 11.3 Å². The summed E-state index contributed by atoms with van der Waals surface area (Å²) >= 11 is 0. The highest BCUT2D eigenvalue weighted by molar-refractivity contribution is 5.95. The molecule has 1 unspecified atom stereocenters.